The number of Topliss-reactive ketones (excluding diaryl/α,β-unsaturated/α-hetero) is 1. The van der Waals surface area contributed by atoms with E-state index in [-0.39, 0.29) is 17.7 Å². The number of allylic oxidation sites excluding steroid dienone is 2. The van der Waals surface area contributed by atoms with Gasteiger partial charge in [-0.1, -0.05) is 50.2 Å². The Bertz CT molecular complexity index is 1340. The minimum absolute atomic E-state index is 0.156. The highest BCUT2D eigenvalue weighted by Crippen LogP contribution is 2.46. The highest BCUT2D eigenvalue weighted by Gasteiger charge is 2.40. The van der Waals surface area contributed by atoms with E-state index in [1.807, 2.05) is 36.4 Å². The summed E-state index contributed by atoms with van der Waals surface area (Å²) in [6.45, 7) is 4.39. The van der Waals surface area contributed by atoms with Gasteiger partial charge in [0, 0.05) is 17.7 Å². The van der Waals surface area contributed by atoms with Crippen molar-refractivity contribution in [2.45, 2.75) is 44.6 Å². The topological polar surface area (TPSA) is 60.1 Å². The number of fused-ring (bicyclic) bond motifs is 3. The number of ketones is 1. The molecule has 2 aliphatic rings. The number of hydrogen-bond acceptors (Lipinski definition) is 4. The van der Waals surface area contributed by atoms with Crippen molar-refractivity contribution in [1.82, 2.24) is 9.55 Å². The summed E-state index contributed by atoms with van der Waals surface area (Å²) < 4.78 is 7.93. The molecule has 160 valence electrons. The number of para-hydroxylation sites is 2. The molecule has 1 N–H and O–H groups in total. The van der Waals surface area contributed by atoms with Crippen LogP contribution in [0.4, 0.5) is 5.95 Å². The summed E-state index contributed by atoms with van der Waals surface area (Å²) in [6.07, 6.45) is 2.95. The number of nitrogens with one attached hydrogen (secondary N) is 1. The van der Waals surface area contributed by atoms with Crippen LogP contribution in [-0.2, 0) is 4.79 Å². The average molecular weight is 424 g/mol. The molecule has 3 heterocycles. The molecule has 0 saturated heterocycles. The Morgan fingerprint density at radius 1 is 1.03 bits per heavy atom. The number of carbonyl (C=O) groups is 1. The van der Waals surface area contributed by atoms with Gasteiger partial charge >= 0.3 is 0 Å². The maximum Gasteiger partial charge on any atom is 0.209 e. The molecule has 0 bridgehead atoms. The van der Waals surface area contributed by atoms with Crippen LogP contribution in [0, 0.1) is 0 Å². The molecule has 6 rings (SSSR count). The van der Waals surface area contributed by atoms with Gasteiger partial charge in [-0.25, -0.2) is 4.98 Å². The van der Waals surface area contributed by atoms with Crippen molar-refractivity contribution in [3.05, 3.63) is 95.1 Å². The third-order valence-corrected chi connectivity index (χ3v) is 6.79. The molecule has 1 aliphatic carbocycles. The quantitative estimate of drug-likeness (QED) is 0.428. The van der Waals surface area contributed by atoms with Crippen molar-refractivity contribution in [1.29, 1.82) is 0 Å². The summed E-state index contributed by atoms with van der Waals surface area (Å²) in [6, 6.07) is 20.3. The first-order valence-electron chi connectivity index (χ1n) is 11.2. The van der Waals surface area contributed by atoms with Crippen LogP contribution < -0.4 is 5.32 Å². The van der Waals surface area contributed by atoms with Crippen LogP contribution in [-0.4, -0.2) is 15.3 Å². The molecule has 2 unspecified atom stereocenters. The molecule has 32 heavy (non-hydrogen) atoms. The van der Waals surface area contributed by atoms with Crippen molar-refractivity contribution in [3.63, 3.8) is 0 Å². The summed E-state index contributed by atoms with van der Waals surface area (Å²) >= 11 is 0. The van der Waals surface area contributed by atoms with E-state index in [2.05, 4.69) is 48.0 Å². The number of nitrogens with zero attached hydrogens (tertiary/aromatic N) is 2. The number of furan rings is 1. The molecule has 0 radical (unpaired) electrons. The molecule has 0 amide bonds. The van der Waals surface area contributed by atoms with E-state index in [9.17, 15) is 4.79 Å². The fraction of sp³-hybridized carbons (Fsp3) is 0.259. The zero-order chi connectivity index (χ0) is 21.8. The second kappa shape index (κ2) is 7.23. The second-order valence-electron chi connectivity index (χ2n) is 9.08. The fourth-order valence-corrected chi connectivity index (χ4v) is 5.13. The van der Waals surface area contributed by atoms with Crippen LogP contribution in [0.2, 0.25) is 0 Å². The zero-order valence-electron chi connectivity index (χ0n) is 18.2. The zero-order valence-corrected chi connectivity index (χ0v) is 18.2. The monoisotopic (exact) mass is 423 g/mol. The number of aromatic nitrogens is 2. The number of benzene rings is 2. The van der Waals surface area contributed by atoms with Crippen LogP contribution in [0.15, 0.2) is 82.6 Å². The van der Waals surface area contributed by atoms with Gasteiger partial charge in [-0.15, -0.1) is 0 Å². The molecule has 1 aliphatic heterocycles. The van der Waals surface area contributed by atoms with Crippen molar-refractivity contribution in [3.8, 4) is 0 Å². The van der Waals surface area contributed by atoms with Gasteiger partial charge in [0.05, 0.1) is 17.3 Å². The maximum absolute atomic E-state index is 13.6. The third kappa shape index (κ3) is 2.92. The lowest BCUT2D eigenvalue weighted by Crippen LogP contribution is -2.32. The van der Waals surface area contributed by atoms with Crippen molar-refractivity contribution < 1.29 is 9.21 Å². The molecular formula is C27H25N3O2. The lowest BCUT2D eigenvalue weighted by atomic mass is 9.78. The van der Waals surface area contributed by atoms with Gasteiger partial charge in [-0.2, -0.15) is 0 Å². The Labute approximate surface area is 186 Å². The molecule has 0 saturated carbocycles. The van der Waals surface area contributed by atoms with Gasteiger partial charge in [0.2, 0.25) is 5.95 Å². The third-order valence-electron chi connectivity index (χ3n) is 6.79. The lowest BCUT2D eigenvalue weighted by Gasteiger charge is -2.35. The molecule has 5 heteroatoms. The molecule has 5 nitrogen and oxygen atoms in total. The molecule has 0 fully saturated rings. The number of rotatable bonds is 3. The van der Waals surface area contributed by atoms with E-state index < -0.39 is 0 Å². The van der Waals surface area contributed by atoms with Gasteiger partial charge in [0.15, 0.2) is 5.78 Å². The SMILES string of the molecule is CC(C)c1ccc(C2CC(=O)C3=C(C2)Nc2nc4ccccc4n2C3c2ccco2)cc1. The molecule has 2 atom stereocenters. The van der Waals surface area contributed by atoms with Gasteiger partial charge in [-0.05, 0) is 53.6 Å². The van der Waals surface area contributed by atoms with E-state index in [4.69, 9.17) is 9.40 Å². The number of carbonyl (C=O) groups excluding carboxylic acids is 1. The van der Waals surface area contributed by atoms with E-state index >= 15 is 0 Å². The van der Waals surface area contributed by atoms with Crippen molar-refractivity contribution >= 4 is 22.8 Å². The standard InChI is InChI=1S/C27H25N3O2/c1-16(2)17-9-11-18(12-10-17)19-14-21-25(23(31)15-19)26(24-8-5-13-32-24)30-22-7-4-3-6-20(22)28-27(30)29-21/h3-13,16,19,26H,14-15H2,1-2H3,(H,28,29). The summed E-state index contributed by atoms with van der Waals surface area (Å²) in [7, 11) is 0. The van der Waals surface area contributed by atoms with E-state index in [1.165, 1.54) is 11.1 Å². The number of anilines is 1. The maximum atomic E-state index is 13.6. The first kappa shape index (κ1) is 19.1. The van der Waals surface area contributed by atoms with Gasteiger partial charge < -0.3 is 9.73 Å². The Balaban J connectivity index is 1.45. The minimum Gasteiger partial charge on any atom is -0.467 e. The van der Waals surface area contributed by atoms with Crippen LogP contribution in [0.25, 0.3) is 11.0 Å². The first-order valence-corrected chi connectivity index (χ1v) is 11.2. The highest BCUT2D eigenvalue weighted by atomic mass is 16.3. The summed E-state index contributed by atoms with van der Waals surface area (Å²) in [5.74, 6) is 2.34. The second-order valence-corrected chi connectivity index (χ2v) is 9.08. The van der Waals surface area contributed by atoms with Crippen LogP contribution >= 0.6 is 0 Å². The van der Waals surface area contributed by atoms with Gasteiger partial charge in [0.1, 0.15) is 11.8 Å². The smallest absolute Gasteiger partial charge is 0.209 e. The molecular weight excluding hydrogens is 398 g/mol. The first-order chi connectivity index (χ1) is 15.6. The summed E-state index contributed by atoms with van der Waals surface area (Å²) in [5.41, 5.74) is 6.18. The minimum atomic E-state index is -0.305. The Morgan fingerprint density at radius 2 is 1.84 bits per heavy atom. The number of hydrogen-bond donors (Lipinski definition) is 1. The number of imidazole rings is 1. The summed E-state index contributed by atoms with van der Waals surface area (Å²) in [4.78, 5) is 18.4. The summed E-state index contributed by atoms with van der Waals surface area (Å²) in [5, 5.41) is 3.51. The van der Waals surface area contributed by atoms with Crippen molar-refractivity contribution in [2.75, 3.05) is 5.32 Å². The normalized spacial score (nSPS) is 20.4. The lowest BCUT2D eigenvalue weighted by molar-refractivity contribution is -0.116. The predicted octanol–water partition coefficient (Wildman–Crippen LogP) is 6.17. The molecule has 2 aromatic heterocycles. The fourth-order valence-electron chi connectivity index (χ4n) is 5.13. The van der Waals surface area contributed by atoms with Crippen LogP contribution in [0.1, 0.15) is 61.5 Å². The van der Waals surface area contributed by atoms with E-state index in [0.717, 1.165) is 40.4 Å². The Hall–Kier alpha value is -3.60. The van der Waals surface area contributed by atoms with Gasteiger partial charge in [-0.3, -0.25) is 9.36 Å². The Morgan fingerprint density at radius 3 is 2.59 bits per heavy atom. The van der Waals surface area contributed by atoms with Crippen LogP contribution in [0.3, 0.4) is 0 Å². The molecule has 2 aromatic carbocycles. The van der Waals surface area contributed by atoms with Crippen molar-refractivity contribution in [2.24, 2.45) is 0 Å². The van der Waals surface area contributed by atoms with Crippen LogP contribution in [0.5, 0.6) is 0 Å². The predicted molar refractivity (Wildman–Crippen MR) is 125 cm³/mol. The average Bonchev–Trinajstić information content (AvgIpc) is 3.45. The van der Waals surface area contributed by atoms with Gasteiger partial charge in [0.25, 0.3) is 0 Å². The van der Waals surface area contributed by atoms with E-state index in [1.54, 1.807) is 6.26 Å². The molecule has 0 spiro atoms. The van der Waals surface area contributed by atoms with E-state index in [0.29, 0.717) is 12.3 Å². The largest absolute Gasteiger partial charge is 0.467 e. The Kier molecular flexibility index (Phi) is 4.32. The molecule has 4 aromatic rings. The highest BCUT2D eigenvalue weighted by molar-refractivity contribution is 6.00.